The monoisotopic (exact) mass is 469 g/mol. The van der Waals surface area contributed by atoms with Gasteiger partial charge in [0.05, 0.1) is 22.3 Å². The van der Waals surface area contributed by atoms with E-state index in [2.05, 4.69) is 9.99 Å². The van der Waals surface area contributed by atoms with Gasteiger partial charge in [-0.3, -0.25) is 24.5 Å². The van der Waals surface area contributed by atoms with Gasteiger partial charge in [0, 0.05) is 11.6 Å². The van der Waals surface area contributed by atoms with Gasteiger partial charge in [-0.05, 0) is 47.5 Å². The van der Waals surface area contributed by atoms with Gasteiger partial charge in [-0.1, -0.05) is 42.5 Å². The van der Waals surface area contributed by atoms with Crippen molar-refractivity contribution >= 4 is 17.0 Å². The minimum Gasteiger partial charge on any atom is -0.478 e. The van der Waals surface area contributed by atoms with Crippen LogP contribution in [0.4, 0.5) is 0 Å². The number of aromatic carboxylic acids is 1. The van der Waals surface area contributed by atoms with E-state index in [4.69, 9.17) is 5.26 Å². The second-order valence-electron chi connectivity index (χ2n) is 7.87. The quantitative estimate of drug-likeness (QED) is 0.256. The van der Waals surface area contributed by atoms with Crippen molar-refractivity contribution in [1.29, 1.82) is 0 Å². The van der Waals surface area contributed by atoms with E-state index in [9.17, 15) is 19.5 Å². The fourth-order valence-corrected chi connectivity index (χ4v) is 4.05. The Hall–Kier alpha value is -4.73. The molecule has 35 heavy (non-hydrogen) atoms. The second kappa shape index (κ2) is 8.90. The third kappa shape index (κ3) is 3.95. The first kappa shape index (κ1) is 22.1. The molecule has 5 rings (SSSR count). The Morgan fingerprint density at radius 2 is 1.54 bits per heavy atom. The fourth-order valence-electron chi connectivity index (χ4n) is 4.05. The molecule has 2 aromatic heterocycles. The van der Waals surface area contributed by atoms with E-state index in [0.29, 0.717) is 33.5 Å². The third-order valence-corrected chi connectivity index (χ3v) is 5.74. The van der Waals surface area contributed by atoms with Crippen LogP contribution in [-0.4, -0.2) is 30.7 Å². The van der Waals surface area contributed by atoms with Crippen LogP contribution >= 0.6 is 0 Å². The number of nitrogens with one attached hydrogen (secondary N) is 1. The molecule has 3 aromatic carbocycles. The van der Waals surface area contributed by atoms with Gasteiger partial charge in [-0.25, -0.2) is 14.4 Å². The number of nitrogens with zero attached hydrogens (tertiary/aromatic N) is 2. The van der Waals surface area contributed by atoms with Crippen molar-refractivity contribution in [2.45, 2.75) is 6.61 Å². The van der Waals surface area contributed by atoms with Gasteiger partial charge in [0.25, 0.3) is 11.1 Å². The zero-order valence-electron chi connectivity index (χ0n) is 18.2. The van der Waals surface area contributed by atoms with Crippen molar-refractivity contribution in [3.8, 4) is 22.5 Å². The average Bonchev–Trinajstić information content (AvgIpc) is 3.21. The van der Waals surface area contributed by atoms with Gasteiger partial charge < -0.3 is 5.11 Å². The van der Waals surface area contributed by atoms with E-state index < -0.39 is 5.97 Å². The topological polar surface area (TPSA) is 127 Å². The summed E-state index contributed by atoms with van der Waals surface area (Å²) >= 11 is 0. The maximum atomic E-state index is 13.6. The SMILES string of the molecule is O=C(O)c1ccc(-n2c(=O)cc(-c3ccccc3)c3c(=O)n(-c4ccc(COO)cc4)[nH]c32)cc1. The van der Waals surface area contributed by atoms with Crippen molar-refractivity contribution in [2.24, 2.45) is 0 Å². The van der Waals surface area contributed by atoms with Crippen LogP contribution in [-0.2, 0) is 11.5 Å². The summed E-state index contributed by atoms with van der Waals surface area (Å²) in [5.41, 5.74) is 2.44. The number of H-pyrrole nitrogens is 1. The summed E-state index contributed by atoms with van der Waals surface area (Å²) in [5, 5.41) is 21.2. The van der Waals surface area contributed by atoms with Crippen molar-refractivity contribution < 1.29 is 20.0 Å². The molecule has 0 aliphatic heterocycles. The van der Waals surface area contributed by atoms with Gasteiger partial charge in [0.15, 0.2) is 0 Å². The van der Waals surface area contributed by atoms with Gasteiger partial charge >= 0.3 is 5.97 Å². The Labute approximate surface area is 197 Å². The molecule has 9 nitrogen and oxygen atoms in total. The van der Waals surface area contributed by atoms with Crippen LogP contribution in [0.25, 0.3) is 33.5 Å². The van der Waals surface area contributed by atoms with E-state index in [-0.39, 0.29) is 28.9 Å². The van der Waals surface area contributed by atoms with Gasteiger partial charge in [0.1, 0.15) is 12.3 Å². The Balaban J connectivity index is 1.79. The number of carbonyl (C=O) groups is 1. The first-order valence-corrected chi connectivity index (χ1v) is 10.6. The molecule has 0 spiro atoms. The highest BCUT2D eigenvalue weighted by Gasteiger charge is 2.20. The second-order valence-corrected chi connectivity index (χ2v) is 7.87. The van der Waals surface area contributed by atoms with Gasteiger partial charge in [-0.2, -0.15) is 0 Å². The highest BCUT2D eigenvalue weighted by atomic mass is 17.1. The summed E-state index contributed by atoms with van der Waals surface area (Å²) in [7, 11) is 0. The predicted molar refractivity (Wildman–Crippen MR) is 129 cm³/mol. The van der Waals surface area contributed by atoms with Crippen LogP contribution < -0.4 is 11.1 Å². The molecule has 0 bridgehead atoms. The average molecular weight is 469 g/mol. The predicted octanol–water partition coefficient (Wildman–Crippen LogP) is 3.82. The van der Waals surface area contributed by atoms with Crippen molar-refractivity contribution in [1.82, 2.24) is 14.3 Å². The van der Waals surface area contributed by atoms with Crippen LogP contribution in [0, 0.1) is 0 Å². The van der Waals surface area contributed by atoms with E-state index in [1.165, 1.54) is 39.6 Å². The zero-order chi connectivity index (χ0) is 24.5. The van der Waals surface area contributed by atoms with Gasteiger partial charge in [-0.15, -0.1) is 0 Å². The fraction of sp³-hybridized carbons (Fsp3) is 0.0385. The van der Waals surface area contributed by atoms with Gasteiger partial charge in [0.2, 0.25) is 0 Å². The highest BCUT2D eigenvalue weighted by molar-refractivity contribution is 5.93. The highest BCUT2D eigenvalue weighted by Crippen LogP contribution is 2.26. The van der Waals surface area contributed by atoms with E-state index in [0.717, 1.165) is 0 Å². The summed E-state index contributed by atoms with van der Waals surface area (Å²) < 4.78 is 2.68. The molecule has 0 aliphatic carbocycles. The number of hydrogen-bond donors (Lipinski definition) is 3. The normalized spacial score (nSPS) is 11.1. The summed E-state index contributed by atoms with van der Waals surface area (Å²) in [6.45, 7) is 0.00587. The number of rotatable bonds is 6. The standard InChI is InChI=1S/C26H19N3O6/c30-22-14-21(17-4-2-1-3-5-17)23-24(28(22)19-12-8-18(9-13-19)26(32)33)27-29(25(23)31)20-10-6-16(7-11-20)15-35-34/h1-14,27,34H,15H2,(H,32,33). The summed E-state index contributed by atoms with van der Waals surface area (Å²) in [5.74, 6) is -1.08. The molecule has 0 fully saturated rings. The first-order chi connectivity index (χ1) is 17.0. The smallest absolute Gasteiger partial charge is 0.335 e. The molecule has 0 saturated heterocycles. The summed E-state index contributed by atoms with van der Waals surface area (Å²) in [6, 6.07) is 23.2. The number of pyridine rings is 1. The minimum absolute atomic E-state index is 0.00587. The molecular weight excluding hydrogens is 450 g/mol. The Bertz CT molecular complexity index is 1650. The Kier molecular flexibility index (Phi) is 5.61. The molecule has 3 N–H and O–H groups in total. The van der Waals surface area contributed by atoms with E-state index in [1.54, 1.807) is 24.3 Å². The van der Waals surface area contributed by atoms with Crippen LogP contribution in [0.2, 0.25) is 0 Å². The molecule has 5 aromatic rings. The van der Waals surface area contributed by atoms with E-state index in [1.807, 2.05) is 30.3 Å². The number of fused-ring (bicyclic) bond motifs is 1. The molecule has 0 radical (unpaired) electrons. The van der Waals surface area contributed by atoms with Crippen molar-refractivity contribution in [3.63, 3.8) is 0 Å². The van der Waals surface area contributed by atoms with Crippen LogP contribution in [0.5, 0.6) is 0 Å². The molecule has 0 saturated carbocycles. The third-order valence-electron chi connectivity index (χ3n) is 5.74. The number of benzene rings is 3. The molecule has 0 atom stereocenters. The molecule has 2 heterocycles. The maximum Gasteiger partial charge on any atom is 0.335 e. The molecule has 174 valence electrons. The summed E-state index contributed by atoms with van der Waals surface area (Å²) in [4.78, 5) is 42.4. The number of hydrogen-bond acceptors (Lipinski definition) is 5. The Morgan fingerprint density at radius 3 is 2.17 bits per heavy atom. The molecule has 0 amide bonds. The number of carboxylic acids is 1. The zero-order valence-corrected chi connectivity index (χ0v) is 18.2. The maximum absolute atomic E-state index is 13.6. The largest absolute Gasteiger partial charge is 0.478 e. The molecule has 0 aliphatic rings. The van der Waals surface area contributed by atoms with Crippen LogP contribution in [0.1, 0.15) is 15.9 Å². The Morgan fingerprint density at radius 1 is 0.886 bits per heavy atom. The number of aromatic nitrogens is 3. The van der Waals surface area contributed by atoms with Crippen LogP contribution in [0.15, 0.2) is 94.5 Å². The van der Waals surface area contributed by atoms with Crippen molar-refractivity contribution in [3.05, 3.63) is 117 Å². The lowest BCUT2D eigenvalue weighted by atomic mass is 10.0. The van der Waals surface area contributed by atoms with Crippen molar-refractivity contribution in [2.75, 3.05) is 0 Å². The molecule has 0 unspecified atom stereocenters. The minimum atomic E-state index is -1.08. The lowest BCUT2D eigenvalue weighted by Crippen LogP contribution is -2.19. The lowest BCUT2D eigenvalue weighted by molar-refractivity contribution is -0.253. The number of aromatic amines is 1. The first-order valence-electron chi connectivity index (χ1n) is 10.6. The lowest BCUT2D eigenvalue weighted by Gasteiger charge is -2.10. The van der Waals surface area contributed by atoms with Crippen LogP contribution in [0.3, 0.4) is 0 Å². The van der Waals surface area contributed by atoms with E-state index >= 15 is 0 Å². The molecular formula is C26H19N3O6. The molecule has 9 heteroatoms. The summed E-state index contributed by atoms with van der Waals surface area (Å²) in [6.07, 6.45) is 0. The number of carboxylic acid groups (broad SMARTS) is 1.